The number of rotatable bonds is 7. The van der Waals surface area contributed by atoms with Gasteiger partial charge in [-0.1, -0.05) is 30.3 Å². The SMILES string of the molecule is O=C(O)C(=O)O.OC(CNCCCN1CCOCC1)c1ccccc1. The molecule has 1 fully saturated rings. The fraction of sp³-hybridized carbons (Fsp3) is 0.529. The van der Waals surface area contributed by atoms with Crippen molar-refractivity contribution in [3.8, 4) is 0 Å². The molecule has 0 amide bonds. The van der Waals surface area contributed by atoms with Crippen LogP contribution in [-0.4, -0.2) is 78.1 Å². The molecule has 25 heavy (non-hydrogen) atoms. The van der Waals surface area contributed by atoms with Crippen molar-refractivity contribution < 1.29 is 29.6 Å². The molecular formula is C17H26N2O6. The van der Waals surface area contributed by atoms with Crippen molar-refractivity contribution in [1.82, 2.24) is 10.2 Å². The Morgan fingerprint density at radius 1 is 1.12 bits per heavy atom. The van der Waals surface area contributed by atoms with Gasteiger partial charge < -0.3 is 25.4 Å². The lowest BCUT2D eigenvalue weighted by Crippen LogP contribution is -2.37. The largest absolute Gasteiger partial charge is 0.473 e. The molecule has 0 aliphatic carbocycles. The van der Waals surface area contributed by atoms with E-state index in [4.69, 9.17) is 24.5 Å². The monoisotopic (exact) mass is 354 g/mol. The smallest absolute Gasteiger partial charge is 0.414 e. The number of aliphatic hydroxyl groups is 1. The Bertz CT molecular complexity index is 493. The second kappa shape index (κ2) is 12.4. The van der Waals surface area contributed by atoms with Crippen molar-refractivity contribution in [2.75, 3.05) is 45.9 Å². The number of carboxylic acid groups (broad SMARTS) is 2. The third-order valence-corrected chi connectivity index (χ3v) is 3.64. The molecule has 8 heteroatoms. The Morgan fingerprint density at radius 2 is 1.72 bits per heavy atom. The van der Waals surface area contributed by atoms with Crippen LogP contribution in [0.25, 0.3) is 0 Å². The van der Waals surface area contributed by atoms with Crippen molar-refractivity contribution >= 4 is 11.9 Å². The van der Waals surface area contributed by atoms with E-state index in [9.17, 15) is 5.11 Å². The Hall–Kier alpha value is -2.00. The normalized spacial score (nSPS) is 15.7. The minimum Gasteiger partial charge on any atom is -0.473 e. The number of aliphatic carboxylic acids is 2. The molecule has 1 unspecified atom stereocenters. The lowest BCUT2D eigenvalue weighted by atomic mass is 10.1. The van der Waals surface area contributed by atoms with Crippen LogP contribution in [0.3, 0.4) is 0 Å². The molecule has 1 saturated heterocycles. The van der Waals surface area contributed by atoms with Gasteiger partial charge in [-0.2, -0.15) is 0 Å². The van der Waals surface area contributed by atoms with Crippen LogP contribution in [0.4, 0.5) is 0 Å². The molecular weight excluding hydrogens is 328 g/mol. The molecule has 0 saturated carbocycles. The number of benzene rings is 1. The van der Waals surface area contributed by atoms with Crippen molar-refractivity contribution in [2.24, 2.45) is 0 Å². The molecule has 2 rings (SSSR count). The summed E-state index contributed by atoms with van der Waals surface area (Å²) in [7, 11) is 0. The highest BCUT2D eigenvalue weighted by Gasteiger charge is 2.09. The molecule has 1 aliphatic heterocycles. The number of hydrogen-bond acceptors (Lipinski definition) is 6. The lowest BCUT2D eigenvalue weighted by Gasteiger charge is -2.26. The van der Waals surface area contributed by atoms with E-state index in [2.05, 4.69) is 10.2 Å². The summed E-state index contributed by atoms with van der Waals surface area (Å²) in [6, 6.07) is 9.79. The number of hydrogen-bond donors (Lipinski definition) is 4. The fourth-order valence-corrected chi connectivity index (χ4v) is 2.28. The van der Waals surface area contributed by atoms with Gasteiger partial charge in [0.05, 0.1) is 19.3 Å². The molecule has 1 aliphatic rings. The van der Waals surface area contributed by atoms with Crippen LogP contribution in [0.2, 0.25) is 0 Å². The van der Waals surface area contributed by atoms with Gasteiger partial charge in [0.2, 0.25) is 0 Å². The zero-order valence-corrected chi connectivity index (χ0v) is 14.1. The second-order valence-corrected chi connectivity index (χ2v) is 5.55. The van der Waals surface area contributed by atoms with Crippen molar-refractivity contribution in [1.29, 1.82) is 0 Å². The van der Waals surface area contributed by atoms with Gasteiger partial charge in [0.25, 0.3) is 0 Å². The summed E-state index contributed by atoms with van der Waals surface area (Å²) in [5, 5.41) is 28.1. The summed E-state index contributed by atoms with van der Waals surface area (Å²) in [6.07, 6.45) is 0.700. The van der Waals surface area contributed by atoms with E-state index in [-0.39, 0.29) is 0 Å². The van der Waals surface area contributed by atoms with Crippen LogP contribution in [-0.2, 0) is 14.3 Å². The molecule has 0 aromatic heterocycles. The predicted molar refractivity (Wildman–Crippen MR) is 91.4 cm³/mol. The van der Waals surface area contributed by atoms with Gasteiger partial charge in [0, 0.05) is 19.6 Å². The molecule has 1 heterocycles. The molecule has 8 nitrogen and oxygen atoms in total. The van der Waals surface area contributed by atoms with E-state index < -0.39 is 18.0 Å². The fourth-order valence-electron chi connectivity index (χ4n) is 2.28. The first-order valence-corrected chi connectivity index (χ1v) is 8.20. The van der Waals surface area contributed by atoms with Crippen LogP contribution in [0.15, 0.2) is 30.3 Å². The van der Waals surface area contributed by atoms with E-state index in [0.29, 0.717) is 6.54 Å². The summed E-state index contributed by atoms with van der Waals surface area (Å²) in [4.78, 5) is 20.6. The van der Waals surface area contributed by atoms with Gasteiger partial charge in [-0.15, -0.1) is 0 Å². The van der Waals surface area contributed by atoms with Gasteiger partial charge in [-0.05, 0) is 25.1 Å². The summed E-state index contributed by atoms with van der Waals surface area (Å²) in [5.41, 5.74) is 0.975. The number of ether oxygens (including phenoxy) is 1. The van der Waals surface area contributed by atoms with Crippen molar-refractivity contribution in [2.45, 2.75) is 12.5 Å². The minimum absolute atomic E-state index is 0.412. The Balaban J connectivity index is 0.000000450. The molecule has 1 aromatic rings. The summed E-state index contributed by atoms with van der Waals surface area (Å²) >= 11 is 0. The lowest BCUT2D eigenvalue weighted by molar-refractivity contribution is -0.159. The first-order valence-electron chi connectivity index (χ1n) is 8.20. The maximum atomic E-state index is 9.98. The Labute approximate surface area is 147 Å². The molecule has 1 aromatic carbocycles. The zero-order valence-electron chi connectivity index (χ0n) is 14.1. The molecule has 1 atom stereocenters. The number of morpholine rings is 1. The number of nitrogens with zero attached hydrogens (tertiary/aromatic N) is 1. The van der Waals surface area contributed by atoms with Gasteiger partial charge in [0.1, 0.15) is 0 Å². The summed E-state index contributed by atoms with van der Waals surface area (Å²) in [5.74, 6) is -3.65. The summed E-state index contributed by atoms with van der Waals surface area (Å²) in [6.45, 7) is 6.49. The topological polar surface area (TPSA) is 119 Å². The molecule has 0 radical (unpaired) electrons. The van der Waals surface area contributed by atoms with Crippen molar-refractivity contribution in [3.63, 3.8) is 0 Å². The predicted octanol–water partition coefficient (Wildman–Crippen LogP) is 0.188. The zero-order chi connectivity index (χ0) is 18.5. The van der Waals surface area contributed by atoms with Crippen LogP contribution >= 0.6 is 0 Å². The highest BCUT2D eigenvalue weighted by atomic mass is 16.5. The van der Waals surface area contributed by atoms with Crippen LogP contribution in [0.5, 0.6) is 0 Å². The van der Waals surface area contributed by atoms with Gasteiger partial charge in [-0.25, -0.2) is 9.59 Å². The third kappa shape index (κ3) is 9.78. The minimum atomic E-state index is -1.82. The maximum absolute atomic E-state index is 9.98. The van der Waals surface area contributed by atoms with E-state index >= 15 is 0 Å². The standard InChI is InChI=1S/C15H24N2O2.C2H2O4/c18-15(14-5-2-1-3-6-14)13-16-7-4-8-17-9-11-19-12-10-17;3-1(4)2(5)6/h1-3,5-6,15-16,18H,4,7-13H2;(H,3,4)(H,5,6). The number of carboxylic acids is 2. The third-order valence-electron chi connectivity index (χ3n) is 3.64. The number of carbonyl (C=O) groups is 2. The number of aliphatic hydroxyl groups excluding tert-OH is 1. The van der Waals surface area contributed by atoms with Gasteiger partial charge >= 0.3 is 11.9 Å². The van der Waals surface area contributed by atoms with E-state index in [1.54, 1.807) is 0 Å². The quantitative estimate of drug-likeness (QED) is 0.405. The van der Waals surface area contributed by atoms with Crippen molar-refractivity contribution in [3.05, 3.63) is 35.9 Å². The molecule has 0 spiro atoms. The highest BCUT2D eigenvalue weighted by molar-refractivity contribution is 6.27. The van der Waals surface area contributed by atoms with Crippen LogP contribution in [0, 0.1) is 0 Å². The van der Waals surface area contributed by atoms with Crippen LogP contribution < -0.4 is 5.32 Å². The maximum Gasteiger partial charge on any atom is 0.414 e. The van der Waals surface area contributed by atoms with E-state index in [1.807, 2.05) is 30.3 Å². The van der Waals surface area contributed by atoms with E-state index in [1.165, 1.54) is 0 Å². The van der Waals surface area contributed by atoms with Crippen LogP contribution in [0.1, 0.15) is 18.1 Å². The first kappa shape index (κ1) is 21.0. The summed E-state index contributed by atoms with van der Waals surface area (Å²) < 4.78 is 5.32. The highest BCUT2D eigenvalue weighted by Crippen LogP contribution is 2.10. The molecule has 4 N–H and O–H groups in total. The van der Waals surface area contributed by atoms with Gasteiger partial charge in [0.15, 0.2) is 0 Å². The number of nitrogens with one attached hydrogen (secondary N) is 1. The first-order chi connectivity index (χ1) is 12.0. The Kier molecular flexibility index (Phi) is 10.4. The molecule has 0 bridgehead atoms. The van der Waals surface area contributed by atoms with Gasteiger partial charge in [-0.3, -0.25) is 4.90 Å². The Morgan fingerprint density at radius 3 is 2.28 bits per heavy atom. The second-order valence-electron chi connectivity index (χ2n) is 5.55. The molecule has 140 valence electrons. The average Bonchev–Trinajstić information content (AvgIpc) is 2.63. The average molecular weight is 354 g/mol. The van der Waals surface area contributed by atoms with E-state index in [0.717, 1.165) is 51.4 Å².